The normalized spacial score (nSPS) is 57.5. The third-order valence-corrected chi connectivity index (χ3v) is 18.2. The third kappa shape index (κ3) is 7.67. The molecule has 64 heavy (non-hydrogen) atoms. The van der Waals surface area contributed by atoms with Gasteiger partial charge < -0.3 is 89.0 Å². The Hall–Kier alpha value is -1.05. The Morgan fingerprint density at radius 1 is 0.641 bits per heavy atom. The predicted octanol–water partition coefficient (Wildman–Crippen LogP) is -1.55. The highest BCUT2D eigenvalue weighted by atomic mass is 16.8. The van der Waals surface area contributed by atoms with Crippen LogP contribution in [0.4, 0.5) is 0 Å². The molecular formula is C45H72O19. The summed E-state index contributed by atoms with van der Waals surface area (Å²) < 4.78 is 48.7. The highest BCUT2D eigenvalue weighted by Gasteiger charge is 2.72. The van der Waals surface area contributed by atoms with E-state index in [9.17, 15) is 55.9 Å². The van der Waals surface area contributed by atoms with E-state index in [4.69, 9.17) is 37.9 Å². The van der Waals surface area contributed by atoms with Crippen LogP contribution in [0.5, 0.6) is 0 Å². The van der Waals surface area contributed by atoms with E-state index in [1.54, 1.807) is 0 Å². The number of carbonyl (C=O) groups is 1. The Morgan fingerprint density at radius 2 is 1.25 bits per heavy atom. The quantitative estimate of drug-likeness (QED) is 0.117. The molecule has 4 aliphatic carbocycles. The molecule has 9 aliphatic rings. The van der Waals surface area contributed by atoms with Crippen molar-refractivity contribution in [3.63, 3.8) is 0 Å². The Bertz CT molecular complexity index is 1650. The lowest BCUT2D eigenvalue weighted by molar-refractivity contribution is -0.390. The van der Waals surface area contributed by atoms with E-state index in [0.717, 1.165) is 38.5 Å². The van der Waals surface area contributed by atoms with Crippen LogP contribution in [-0.4, -0.2) is 193 Å². The Labute approximate surface area is 373 Å². The minimum atomic E-state index is -1.90. The van der Waals surface area contributed by atoms with Crippen LogP contribution in [0.2, 0.25) is 0 Å². The van der Waals surface area contributed by atoms with Gasteiger partial charge in [-0.05, 0) is 80.0 Å². The van der Waals surface area contributed by atoms with E-state index in [0.29, 0.717) is 43.5 Å². The van der Waals surface area contributed by atoms with Gasteiger partial charge in [0, 0.05) is 30.1 Å². The largest absolute Gasteiger partial charge is 0.394 e. The van der Waals surface area contributed by atoms with Crippen LogP contribution < -0.4 is 0 Å². The van der Waals surface area contributed by atoms with E-state index in [1.807, 2.05) is 0 Å². The summed E-state index contributed by atoms with van der Waals surface area (Å²) in [6.45, 7) is 7.40. The summed E-state index contributed by atoms with van der Waals surface area (Å²) in [5.41, 5.74) is -0.557. The molecule has 9 rings (SSSR count). The number of carbonyl (C=O) groups excluding carboxylic acids is 1. The van der Waals surface area contributed by atoms with E-state index < -0.39 is 123 Å². The lowest BCUT2D eigenvalue weighted by atomic mass is 9.44. The Kier molecular flexibility index (Phi) is 13.5. The fourth-order valence-electron chi connectivity index (χ4n) is 14.4. The second-order valence-corrected chi connectivity index (χ2v) is 21.4. The lowest BCUT2D eigenvalue weighted by Gasteiger charge is -2.60. The molecule has 27 atom stereocenters. The third-order valence-electron chi connectivity index (χ3n) is 18.2. The van der Waals surface area contributed by atoms with Gasteiger partial charge in [-0.1, -0.05) is 27.7 Å². The average molecular weight is 917 g/mol. The molecule has 19 heteroatoms. The van der Waals surface area contributed by atoms with Crippen molar-refractivity contribution in [3.05, 3.63) is 0 Å². The maximum Gasteiger partial charge on any atom is 0.187 e. The number of ether oxygens (including phenoxy) is 8. The number of aliphatic hydroxyl groups is 10. The first-order valence-corrected chi connectivity index (χ1v) is 23.8. The van der Waals surface area contributed by atoms with Crippen molar-refractivity contribution in [1.29, 1.82) is 0 Å². The van der Waals surface area contributed by atoms with E-state index in [1.165, 1.54) is 0 Å². The number of hydrogen-bond acceptors (Lipinski definition) is 19. The van der Waals surface area contributed by atoms with Crippen LogP contribution in [0.15, 0.2) is 0 Å². The molecular weight excluding hydrogens is 844 g/mol. The molecule has 1 spiro atoms. The minimum Gasteiger partial charge on any atom is -0.394 e. The number of ketones is 1. The van der Waals surface area contributed by atoms with Crippen molar-refractivity contribution >= 4 is 5.78 Å². The SMILES string of the molecule is C[C@@H]1CC[C@@]2(OC1)O[C@H]1C[C@H]3[C@@H]4CC[C@H]5C[C@@H](O[C@@H]6O[C@H](CO)[C@H](O[C@@H]7O[C@H](CO)[C@@H](O)[C@H](O)[C@H]7O[C@@H]7O[C@H](CO)[C@@H](O)[C@H](O)[C@H]7O)[C@H](O)[C@H]6O)CC[C@]5(C)[C@H]4CC(=O)[C@]3(C)[C@H]1[C@@H]2C. The summed E-state index contributed by atoms with van der Waals surface area (Å²) in [7, 11) is 0. The van der Waals surface area contributed by atoms with Crippen molar-refractivity contribution < 1.29 is 93.8 Å². The van der Waals surface area contributed by atoms with E-state index in [2.05, 4.69) is 27.7 Å². The summed E-state index contributed by atoms with van der Waals surface area (Å²) in [6.07, 6.45) is -17.9. The lowest BCUT2D eigenvalue weighted by Crippen LogP contribution is -2.67. The number of aliphatic hydroxyl groups excluding tert-OH is 10. The molecule has 5 aliphatic heterocycles. The molecule has 0 bridgehead atoms. The molecule has 5 heterocycles. The highest BCUT2D eigenvalue weighted by molar-refractivity contribution is 5.87. The summed E-state index contributed by atoms with van der Waals surface area (Å²) in [5, 5.41) is 106. The van der Waals surface area contributed by atoms with Crippen molar-refractivity contribution in [1.82, 2.24) is 0 Å². The maximum absolute atomic E-state index is 14.6. The minimum absolute atomic E-state index is 0.0132. The summed E-state index contributed by atoms with van der Waals surface area (Å²) in [6, 6.07) is 0. The van der Waals surface area contributed by atoms with Crippen LogP contribution in [0.3, 0.4) is 0 Å². The summed E-state index contributed by atoms with van der Waals surface area (Å²) >= 11 is 0. The monoisotopic (exact) mass is 916 g/mol. The molecule has 0 amide bonds. The first-order chi connectivity index (χ1) is 30.4. The molecule has 4 saturated carbocycles. The highest BCUT2D eigenvalue weighted by Crippen LogP contribution is 2.70. The second-order valence-electron chi connectivity index (χ2n) is 21.4. The van der Waals surface area contributed by atoms with E-state index >= 15 is 0 Å². The molecule has 0 aromatic carbocycles. The van der Waals surface area contributed by atoms with Gasteiger partial charge in [-0.3, -0.25) is 4.79 Å². The summed E-state index contributed by atoms with van der Waals surface area (Å²) in [5.74, 6) is 1.65. The zero-order chi connectivity index (χ0) is 45.8. The van der Waals surface area contributed by atoms with Crippen molar-refractivity contribution in [2.24, 2.45) is 52.3 Å². The topological polar surface area (TPSA) is 293 Å². The molecule has 366 valence electrons. The first-order valence-electron chi connectivity index (χ1n) is 23.8. The standard InChI is InChI=1S/C45H72O19/c1-18-7-10-45(57-17-18)19(2)30-25(64-45)12-24-22-6-5-20-11-21(8-9-43(20,3)23(22)13-29(49)44(24,30)4)58-40-37(56)35(54)38(28(16-48)61-40)62-42-39(34(53)32(51)27(15-47)60-42)63-41-36(55)33(52)31(50)26(14-46)59-41/h18-28,30-42,46-48,50-56H,5-17H2,1-4H3/t18-,19+,20+,21+,22-,23+,24+,25+,26-,27-,28-,30+,31-,32-,33+,34+,35-,36-,37-,38+,39-,40-,41+,42+,43+,44-,45-/m1/s1. The van der Waals surface area contributed by atoms with Crippen LogP contribution in [0.1, 0.15) is 85.5 Å². The molecule has 19 nitrogen and oxygen atoms in total. The van der Waals surface area contributed by atoms with Crippen LogP contribution >= 0.6 is 0 Å². The van der Waals surface area contributed by atoms with Crippen molar-refractivity contribution in [2.45, 2.75) is 196 Å². The molecule has 0 unspecified atom stereocenters. The van der Waals surface area contributed by atoms with Gasteiger partial charge in [-0.2, -0.15) is 0 Å². The molecule has 0 aromatic heterocycles. The van der Waals surface area contributed by atoms with Crippen molar-refractivity contribution in [3.8, 4) is 0 Å². The van der Waals surface area contributed by atoms with E-state index in [-0.39, 0.29) is 47.2 Å². The second kappa shape index (κ2) is 18.0. The average Bonchev–Trinajstić information content (AvgIpc) is 3.73. The van der Waals surface area contributed by atoms with Crippen LogP contribution in [0.25, 0.3) is 0 Å². The molecule has 0 aromatic rings. The number of Topliss-reactive ketones (excluding diaryl/α,β-unsaturated/α-hetero) is 1. The first kappa shape index (κ1) is 48.0. The molecule has 0 radical (unpaired) electrons. The van der Waals surface area contributed by atoms with Gasteiger partial charge in [0.25, 0.3) is 0 Å². The van der Waals surface area contributed by atoms with Crippen molar-refractivity contribution in [2.75, 3.05) is 26.4 Å². The Balaban J connectivity index is 0.844. The maximum atomic E-state index is 14.6. The number of rotatable bonds is 9. The van der Waals surface area contributed by atoms with Gasteiger partial charge in [-0.25, -0.2) is 0 Å². The summed E-state index contributed by atoms with van der Waals surface area (Å²) in [4.78, 5) is 14.6. The van der Waals surface area contributed by atoms with Gasteiger partial charge in [0.15, 0.2) is 24.7 Å². The molecule has 9 fully saturated rings. The molecule has 10 N–H and O–H groups in total. The zero-order valence-electron chi connectivity index (χ0n) is 37.2. The smallest absolute Gasteiger partial charge is 0.187 e. The van der Waals surface area contributed by atoms with Gasteiger partial charge in [0.2, 0.25) is 0 Å². The van der Waals surface area contributed by atoms with Gasteiger partial charge in [0.1, 0.15) is 79.0 Å². The van der Waals surface area contributed by atoms with Gasteiger partial charge in [0.05, 0.1) is 38.6 Å². The van der Waals surface area contributed by atoms with Gasteiger partial charge in [-0.15, -0.1) is 0 Å². The predicted molar refractivity (Wildman–Crippen MR) is 216 cm³/mol. The Morgan fingerprint density at radius 3 is 1.92 bits per heavy atom. The fourth-order valence-corrected chi connectivity index (χ4v) is 14.4. The van der Waals surface area contributed by atoms with Crippen LogP contribution in [0, 0.1) is 52.3 Å². The number of hydrogen-bond donors (Lipinski definition) is 10. The van der Waals surface area contributed by atoms with Crippen LogP contribution in [-0.2, 0) is 42.7 Å². The van der Waals surface area contributed by atoms with Gasteiger partial charge >= 0.3 is 0 Å². The zero-order valence-corrected chi connectivity index (χ0v) is 37.2. The number of fused-ring (bicyclic) bond motifs is 7. The molecule has 5 saturated heterocycles. The fraction of sp³-hybridized carbons (Fsp3) is 0.978.